The van der Waals surface area contributed by atoms with E-state index in [4.69, 9.17) is 10.5 Å². The minimum Gasteiger partial charge on any atom is -0.444 e. The Morgan fingerprint density at radius 3 is 2.30 bits per heavy atom. The molecule has 0 fully saturated rings. The highest BCUT2D eigenvalue weighted by Crippen LogP contribution is 2.09. The Balaban J connectivity index is 2.58. The number of aldehydes is 1. The number of nitrogens with two attached hydrogens (primary N) is 1. The van der Waals surface area contributed by atoms with Gasteiger partial charge in [0.25, 0.3) is 0 Å². The molecular weight excluding hydrogens is 256 g/mol. The molecule has 5 nitrogen and oxygen atoms in total. The van der Waals surface area contributed by atoms with Crippen LogP contribution in [0.4, 0.5) is 4.79 Å². The summed E-state index contributed by atoms with van der Waals surface area (Å²) in [5.41, 5.74) is 6.92. The molecule has 110 valence electrons. The molecule has 1 rings (SSSR count). The van der Waals surface area contributed by atoms with E-state index >= 15 is 0 Å². The van der Waals surface area contributed by atoms with Gasteiger partial charge in [-0.2, -0.15) is 0 Å². The Morgan fingerprint density at radius 2 is 1.85 bits per heavy atom. The van der Waals surface area contributed by atoms with E-state index in [1.165, 1.54) is 0 Å². The molecular formula is C15H22N2O3. The number of rotatable bonds is 5. The average molecular weight is 278 g/mol. The monoisotopic (exact) mass is 278 g/mol. The standard InChI is InChI=1S/C15H22N2O3/c1-15(2,3)20-14(19)17-13(10-18)8-11-4-6-12(9-16)7-5-11/h4-7,10,13H,8-9,16H2,1-3H3,(H,17,19)/t13-/m0/s1. The lowest BCUT2D eigenvalue weighted by Gasteiger charge is -2.21. The average Bonchev–Trinajstić information content (AvgIpc) is 2.36. The first kappa shape index (κ1) is 16.2. The van der Waals surface area contributed by atoms with Gasteiger partial charge in [0.15, 0.2) is 0 Å². The summed E-state index contributed by atoms with van der Waals surface area (Å²) in [6.45, 7) is 5.80. The number of hydrogen-bond donors (Lipinski definition) is 2. The van der Waals surface area contributed by atoms with Crippen LogP contribution in [0, 0.1) is 0 Å². The Kier molecular flexibility index (Phi) is 5.70. The number of carbonyl (C=O) groups excluding carboxylic acids is 2. The van der Waals surface area contributed by atoms with Crippen molar-refractivity contribution < 1.29 is 14.3 Å². The SMILES string of the molecule is CC(C)(C)OC(=O)N[C@H](C=O)Cc1ccc(CN)cc1. The van der Waals surface area contributed by atoms with Gasteiger partial charge in [-0.25, -0.2) is 4.79 Å². The normalized spacial score (nSPS) is 12.6. The number of carbonyl (C=O) groups is 2. The maximum Gasteiger partial charge on any atom is 0.408 e. The minimum absolute atomic E-state index is 0.424. The van der Waals surface area contributed by atoms with Crippen LogP contribution in [-0.4, -0.2) is 24.0 Å². The third-order valence-corrected chi connectivity index (χ3v) is 2.58. The fourth-order valence-corrected chi connectivity index (χ4v) is 1.66. The predicted molar refractivity (Wildman–Crippen MR) is 77.3 cm³/mol. The van der Waals surface area contributed by atoms with E-state index in [1.54, 1.807) is 20.8 Å². The first-order chi connectivity index (χ1) is 9.34. The molecule has 1 aromatic carbocycles. The molecule has 0 aliphatic heterocycles. The van der Waals surface area contributed by atoms with Crippen molar-refractivity contribution in [1.29, 1.82) is 0 Å². The maximum absolute atomic E-state index is 11.6. The zero-order valence-corrected chi connectivity index (χ0v) is 12.2. The quantitative estimate of drug-likeness (QED) is 0.804. The second kappa shape index (κ2) is 7.05. The third-order valence-electron chi connectivity index (χ3n) is 2.58. The first-order valence-corrected chi connectivity index (χ1v) is 6.57. The predicted octanol–water partition coefficient (Wildman–Crippen LogP) is 1.78. The van der Waals surface area contributed by atoms with Crippen molar-refractivity contribution >= 4 is 12.4 Å². The number of benzene rings is 1. The second-order valence-corrected chi connectivity index (χ2v) is 5.61. The van der Waals surface area contributed by atoms with Gasteiger partial charge in [0.05, 0.1) is 6.04 Å². The van der Waals surface area contributed by atoms with Gasteiger partial charge < -0.3 is 20.6 Å². The number of amides is 1. The molecule has 0 bridgehead atoms. The highest BCUT2D eigenvalue weighted by molar-refractivity contribution is 5.73. The molecule has 1 amide bonds. The molecule has 0 saturated carbocycles. The summed E-state index contributed by atoms with van der Waals surface area (Å²) in [6, 6.07) is 7.01. The second-order valence-electron chi connectivity index (χ2n) is 5.61. The molecule has 20 heavy (non-hydrogen) atoms. The Morgan fingerprint density at radius 1 is 1.30 bits per heavy atom. The molecule has 1 aromatic rings. The fraction of sp³-hybridized carbons (Fsp3) is 0.467. The zero-order valence-electron chi connectivity index (χ0n) is 12.2. The molecule has 0 aromatic heterocycles. The van der Waals surface area contributed by atoms with Crippen molar-refractivity contribution in [2.24, 2.45) is 5.73 Å². The smallest absolute Gasteiger partial charge is 0.408 e. The number of nitrogens with one attached hydrogen (secondary N) is 1. The van der Waals surface area contributed by atoms with E-state index in [1.807, 2.05) is 24.3 Å². The van der Waals surface area contributed by atoms with Crippen molar-refractivity contribution in [2.75, 3.05) is 0 Å². The van der Waals surface area contributed by atoms with Crippen molar-refractivity contribution in [2.45, 2.75) is 45.4 Å². The third kappa shape index (κ3) is 5.84. The summed E-state index contributed by atoms with van der Waals surface area (Å²) in [6.07, 6.45) is 0.544. The highest BCUT2D eigenvalue weighted by Gasteiger charge is 2.19. The van der Waals surface area contributed by atoms with E-state index in [9.17, 15) is 9.59 Å². The van der Waals surface area contributed by atoms with Gasteiger partial charge >= 0.3 is 6.09 Å². The van der Waals surface area contributed by atoms with Crippen LogP contribution in [0.3, 0.4) is 0 Å². The van der Waals surface area contributed by atoms with Gasteiger partial charge in [0.1, 0.15) is 11.9 Å². The largest absolute Gasteiger partial charge is 0.444 e. The summed E-state index contributed by atoms with van der Waals surface area (Å²) in [7, 11) is 0. The number of alkyl carbamates (subject to hydrolysis) is 1. The summed E-state index contributed by atoms with van der Waals surface area (Å²) in [5.74, 6) is 0. The van der Waals surface area contributed by atoms with Gasteiger partial charge in [-0.15, -0.1) is 0 Å². The molecule has 0 radical (unpaired) electrons. The first-order valence-electron chi connectivity index (χ1n) is 6.57. The van der Waals surface area contributed by atoms with Gasteiger partial charge in [0, 0.05) is 6.54 Å². The van der Waals surface area contributed by atoms with Crippen molar-refractivity contribution in [3.05, 3.63) is 35.4 Å². The minimum atomic E-state index is -0.603. The molecule has 0 aliphatic rings. The fourth-order valence-electron chi connectivity index (χ4n) is 1.66. The zero-order chi connectivity index (χ0) is 15.2. The van der Waals surface area contributed by atoms with E-state index < -0.39 is 17.7 Å². The van der Waals surface area contributed by atoms with Crippen LogP contribution >= 0.6 is 0 Å². The van der Waals surface area contributed by atoms with Crippen molar-refractivity contribution in [3.63, 3.8) is 0 Å². The molecule has 3 N–H and O–H groups in total. The summed E-state index contributed by atoms with van der Waals surface area (Å²) in [5, 5.41) is 2.55. The van der Waals surface area contributed by atoms with E-state index in [0.29, 0.717) is 19.3 Å². The number of ether oxygens (including phenoxy) is 1. The lowest BCUT2D eigenvalue weighted by Crippen LogP contribution is -2.41. The summed E-state index contributed by atoms with van der Waals surface area (Å²) in [4.78, 5) is 22.7. The van der Waals surface area contributed by atoms with Crippen LogP contribution < -0.4 is 11.1 Å². The van der Waals surface area contributed by atoms with Crippen LogP contribution in [0.1, 0.15) is 31.9 Å². The van der Waals surface area contributed by atoms with Gasteiger partial charge in [-0.05, 0) is 38.3 Å². The molecule has 0 spiro atoms. The van der Waals surface area contributed by atoms with Crippen LogP contribution in [0.15, 0.2) is 24.3 Å². The van der Waals surface area contributed by atoms with Crippen molar-refractivity contribution in [3.8, 4) is 0 Å². The Labute approximate surface area is 119 Å². The van der Waals surface area contributed by atoms with Gasteiger partial charge in [0.2, 0.25) is 0 Å². The van der Waals surface area contributed by atoms with E-state index in [2.05, 4.69) is 5.32 Å². The van der Waals surface area contributed by atoms with Crippen LogP contribution in [0.5, 0.6) is 0 Å². The van der Waals surface area contributed by atoms with Crippen LogP contribution in [0.25, 0.3) is 0 Å². The summed E-state index contributed by atoms with van der Waals surface area (Å²) < 4.78 is 5.12. The molecule has 0 saturated heterocycles. The molecule has 5 heteroatoms. The van der Waals surface area contributed by atoms with Gasteiger partial charge in [-0.3, -0.25) is 0 Å². The van der Waals surface area contributed by atoms with Crippen LogP contribution in [-0.2, 0) is 22.5 Å². The van der Waals surface area contributed by atoms with E-state index in [0.717, 1.165) is 11.1 Å². The number of hydrogen-bond acceptors (Lipinski definition) is 4. The van der Waals surface area contributed by atoms with Gasteiger partial charge in [-0.1, -0.05) is 24.3 Å². The summed E-state index contributed by atoms with van der Waals surface area (Å²) >= 11 is 0. The molecule has 0 aliphatic carbocycles. The molecule has 0 unspecified atom stereocenters. The van der Waals surface area contributed by atoms with Crippen LogP contribution in [0.2, 0.25) is 0 Å². The lowest BCUT2D eigenvalue weighted by molar-refractivity contribution is -0.109. The highest BCUT2D eigenvalue weighted by atomic mass is 16.6. The van der Waals surface area contributed by atoms with Crippen molar-refractivity contribution in [1.82, 2.24) is 5.32 Å². The van der Waals surface area contributed by atoms with E-state index in [-0.39, 0.29) is 0 Å². The molecule has 1 atom stereocenters. The maximum atomic E-state index is 11.6. The lowest BCUT2D eigenvalue weighted by atomic mass is 10.1. The Hall–Kier alpha value is -1.88. The topological polar surface area (TPSA) is 81.4 Å². The molecule has 0 heterocycles. The Bertz CT molecular complexity index is 449.